The number of thioether (sulfide) groups is 1. The van der Waals surface area contributed by atoms with Crippen molar-refractivity contribution in [2.24, 2.45) is 0 Å². The lowest BCUT2D eigenvalue weighted by atomic mass is 10.2. The molecule has 1 heterocycles. The average Bonchev–Trinajstić information content (AvgIpc) is 2.74. The number of nitrogens with one attached hydrogen (secondary N) is 1. The standard InChI is InChI=1S/C15H20ClNS2/c1-3-18-9-8-11(2)17-10-14-15(16)12-6-4-5-7-13(12)19-14/h4-7,11,17H,3,8-10H2,1-2H3. The molecule has 1 nitrogen and oxygen atoms in total. The normalized spacial score (nSPS) is 13.0. The van der Waals surface area contributed by atoms with E-state index in [1.807, 2.05) is 17.8 Å². The first kappa shape index (κ1) is 15.2. The molecule has 0 saturated heterocycles. The van der Waals surface area contributed by atoms with Crippen LogP contribution < -0.4 is 5.32 Å². The third-order valence-electron chi connectivity index (χ3n) is 3.11. The van der Waals surface area contributed by atoms with Crippen LogP contribution in [0.5, 0.6) is 0 Å². The van der Waals surface area contributed by atoms with Crippen molar-refractivity contribution in [2.45, 2.75) is 32.9 Å². The van der Waals surface area contributed by atoms with Gasteiger partial charge in [-0.25, -0.2) is 0 Å². The maximum Gasteiger partial charge on any atom is 0.0636 e. The van der Waals surface area contributed by atoms with Crippen LogP contribution in [-0.2, 0) is 6.54 Å². The van der Waals surface area contributed by atoms with Crippen LogP contribution >= 0.6 is 34.7 Å². The fraction of sp³-hybridized carbons (Fsp3) is 0.467. The molecule has 1 N–H and O–H groups in total. The van der Waals surface area contributed by atoms with Crippen molar-refractivity contribution in [3.8, 4) is 0 Å². The molecule has 1 aromatic carbocycles. The molecule has 2 rings (SSSR count). The Bertz CT molecular complexity index is 524. The second kappa shape index (κ2) is 7.53. The van der Waals surface area contributed by atoms with Crippen LogP contribution in [-0.4, -0.2) is 17.5 Å². The van der Waals surface area contributed by atoms with E-state index in [2.05, 4.69) is 37.4 Å². The van der Waals surface area contributed by atoms with E-state index in [4.69, 9.17) is 11.6 Å². The summed E-state index contributed by atoms with van der Waals surface area (Å²) in [5, 5.41) is 5.67. The van der Waals surface area contributed by atoms with Crippen molar-refractivity contribution in [3.05, 3.63) is 34.2 Å². The lowest BCUT2D eigenvalue weighted by molar-refractivity contribution is 0.541. The van der Waals surface area contributed by atoms with Gasteiger partial charge in [-0.3, -0.25) is 0 Å². The molecule has 0 aliphatic heterocycles. The minimum atomic E-state index is 0.542. The minimum Gasteiger partial charge on any atom is -0.309 e. The molecule has 0 spiro atoms. The minimum absolute atomic E-state index is 0.542. The van der Waals surface area contributed by atoms with Gasteiger partial charge >= 0.3 is 0 Å². The highest BCUT2D eigenvalue weighted by molar-refractivity contribution is 7.99. The lowest BCUT2D eigenvalue weighted by Crippen LogP contribution is -2.25. The Morgan fingerprint density at radius 1 is 1.37 bits per heavy atom. The molecule has 0 radical (unpaired) electrons. The van der Waals surface area contributed by atoms with E-state index in [-0.39, 0.29) is 0 Å². The van der Waals surface area contributed by atoms with Crippen molar-refractivity contribution >= 4 is 44.8 Å². The van der Waals surface area contributed by atoms with E-state index >= 15 is 0 Å². The molecule has 19 heavy (non-hydrogen) atoms. The summed E-state index contributed by atoms with van der Waals surface area (Å²) in [5.74, 6) is 2.43. The predicted molar refractivity (Wildman–Crippen MR) is 90.8 cm³/mol. The van der Waals surface area contributed by atoms with Crippen molar-refractivity contribution in [3.63, 3.8) is 0 Å². The summed E-state index contributed by atoms with van der Waals surface area (Å²) in [5.41, 5.74) is 0. The van der Waals surface area contributed by atoms with Crippen LogP contribution in [0.25, 0.3) is 10.1 Å². The zero-order chi connectivity index (χ0) is 13.7. The summed E-state index contributed by atoms with van der Waals surface area (Å²) in [6, 6.07) is 8.88. The van der Waals surface area contributed by atoms with Gasteiger partial charge < -0.3 is 5.32 Å². The SMILES string of the molecule is CCSCCC(C)NCc1sc2ccccc2c1Cl. The average molecular weight is 314 g/mol. The molecular formula is C15H20ClNS2. The molecule has 1 atom stereocenters. The molecule has 2 aromatic rings. The highest BCUT2D eigenvalue weighted by Crippen LogP contribution is 2.35. The van der Waals surface area contributed by atoms with E-state index in [0.29, 0.717) is 6.04 Å². The number of thiophene rings is 1. The Hall–Kier alpha value is -0.220. The van der Waals surface area contributed by atoms with Crippen LogP contribution in [0.4, 0.5) is 0 Å². The highest BCUT2D eigenvalue weighted by Gasteiger charge is 2.10. The van der Waals surface area contributed by atoms with Crippen molar-refractivity contribution in [1.29, 1.82) is 0 Å². The summed E-state index contributed by atoms with van der Waals surface area (Å²) in [6.45, 7) is 5.33. The number of hydrogen-bond donors (Lipinski definition) is 1. The summed E-state index contributed by atoms with van der Waals surface area (Å²) in [4.78, 5) is 1.25. The molecule has 0 fully saturated rings. The predicted octanol–water partition coefficient (Wildman–Crippen LogP) is 5.18. The Labute approximate surface area is 128 Å². The third-order valence-corrected chi connectivity index (χ3v) is 5.76. The quantitative estimate of drug-likeness (QED) is 0.707. The smallest absolute Gasteiger partial charge is 0.0636 e. The van der Waals surface area contributed by atoms with Crippen LogP contribution in [0.1, 0.15) is 25.1 Å². The molecule has 0 bridgehead atoms. The van der Waals surface area contributed by atoms with Crippen LogP contribution in [0, 0.1) is 0 Å². The summed E-state index contributed by atoms with van der Waals surface area (Å²) >= 11 is 10.2. The zero-order valence-electron chi connectivity index (χ0n) is 11.4. The second-order valence-corrected chi connectivity index (χ2v) is 7.51. The molecule has 0 saturated carbocycles. The number of hydrogen-bond acceptors (Lipinski definition) is 3. The highest BCUT2D eigenvalue weighted by atomic mass is 35.5. The van der Waals surface area contributed by atoms with Gasteiger partial charge in [0.25, 0.3) is 0 Å². The Morgan fingerprint density at radius 2 is 2.16 bits per heavy atom. The van der Waals surface area contributed by atoms with E-state index < -0.39 is 0 Å². The first-order valence-electron chi connectivity index (χ1n) is 6.69. The molecule has 1 aromatic heterocycles. The van der Waals surface area contributed by atoms with E-state index in [0.717, 1.165) is 11.6 Å². The zero-order valence-corrected chi connectivity index (χ0v) is 13.8. The molecule has 0 aliphatic rings. The van der Waals surface area contributed by atoms with Gasteiger partial charge in [0, 0.05) is 27.5 Å². The maximum atomic E-state index is 6.43. The van der Waals surface area contributed by atoms with E-state index in [1.165, 1.54) is 32.9 Å². The van der Waals surface area contributed by atoms with E-state index in [9.17, 15) is 0 Å². The molecule has 4 heteroatoms. The Kier molecular flexibility index (Phi) is 6.02. The lowest BCUT2D eigenvalue weighted by Gasteiger charge is -2.12. The number of fused-ring (bicyclic) bond motifs is 1. The molecule has 0 aliphatic carbocycles. The molecule has 0 amide bonds. The monoisotopic (exact) mass is 313 g/mol. The van der Waals surface area contributed by atoms with Gasteiger partial charge in [-0.2, -0.15) is 11.8 Å². The Balaban J connectivity index is 1.92. The first-order valence-corrected chi connectivity index (χ1v) is 9.04. The van der Waals surface area contributed by atoms with Gasteiger partial charge in [-0.05, 0) is 30.9 Å². The van der Waals surface area contributed by atoms with Crippen molar-refractivity contribution in [2.75, 3.05) is 11.5 Å². The van der Waals surface area contributed by atoms with Gasteiger partial charge in [-0.1, -0.05) is 36.7 Å². The number of halogens is 1. The first-order chi connectivity index (χ1) is 9.22. The van der Waals surface area contributed by atoms with Gasteiger partial charge in [0.2, 0.25) is 0 Å². The largest absolute Gasteiger partial charge is 0.309 e. The van der Waals surface area contributed by atoms with Gasteiger partial charge in [-0.15, -0.1) is 11.3 Å². The van der Waals surface area contributed by atoms with Gasteiger partial charge in [0.15, 0.2) is 0 Å². The summed E-state index contributed by atoms with van der Waals surface area (Å²) in [6.07, 6.45) is 1.21. The van der Waals surface area contributed by atoms with Crippen LogP contribution in [0.2, 0.25) is 5.02 Å². The van der Waals surface area contributed by atoms with Crippen molar-refractivity contribution < 1.29 is 0 Å². The molecule has 104 valence electrons. The van der Waals surface area contributed by atoms with Crippen LogP contribution in [0.3, 0.4) is 0 Å². The van der Waals surface area contributed by atoms with Crippen molar-refractivity contribution in [1.82, 2.24) is 5.32 Å². The van der Waals surface area contributed by atoms with E-state index in [1.54, 1.807) is 11.3 Å². The summed E-state index contributed by atoms with van der Waals surface area (Å²) in [7, 11) is 0. The fourth-order valence-corrected chi connectivity index (χ4v) is 4.21. The molecule has 1 unspecified atom stereocenters. The maximum absolute atomic E-state index is 6.43. The summed E-state index contributed by atoms with van der Waals surface area (Å²) < 4.78 is 1.28. The topological polar surface area (TPSA) is 12.0 Å². The van der Waals surface area contributed by atoms with Gasteiger partial charge in [0.05, 0.1) is 5.02 Å². The van der Waals surface area contributed by atoms with Crippen LogP contribution in [0.15, 0.2) is 24.3 Å². The van der Waals surface area contributed by atoms with Gasteiger partial charge in [0.1, 0.15) is 0 Å². The number of rotatable bonds is 7. The second-order valence-electron chi connectivity index (χ2n) is 4.60. The fourth-order valence-electron chi connectivity index (χ4n) is 1.95. The third kappa shape index (κ3) is 4.12. The number of benzene rings is 1. The molecular weight excluding hydrogens is 294 g/mol. The Morgan fingerprint density at radius 3 is 2.89 bits per heavy atom.